The van der Waals surface area contributed by atoms with Gasteiger partial charge in [-0.25, -0.2) is 9.07 Å². The van der Waals surface area contributed by atoms with Gasteiger partial charge >= 0.3 is 0 Å². The quantitative estimate of drug-likeness (QED) is 0.712. The Hall–Kier alpha value is -2.20. The highest BCUT2D eigenvalue weighted by atomic mass is 35.5. The molecule has 0 fully saturated rings. The van der Waals surface area contributed by atoms with Gasteiger partial charge in [-0.2, -0.15) is 5.10 Å². The van der Waals surface area contributed by atoms with Gasteiger partial charge < -0.3 is 0 Å². The first-order valence-corrected chi connectivity index (χ1v) is 6.03. The molecule has 0 aliphatic rings. The average molecular weight is 274 g/mol. The molecule has 2 heterocycles. The summed E-state index contributed by atoms with van der Waals surface area (Å²) in [6, 6.07) is 9.90. The van der Waals surface area contributed by atoms with Crippen LogP contribution in [0.3, 0.4) is 0 Å². The largest absolute Gasteiger partial charge is 0.262 e. The molecule has 0 spiro atoms. The fraction of sp³-hybridized carbons (Fsp3) is 0. The third-order valence-electron chi connectivity index (χ3n) is 2.69. The van der Waals surface area contributed by atoms with Gasteiger partial charge in [0.15, 0.2) is 0 Å². The minimum atomic E-state index is -0.374. The Kier molecular flexibility index (Phi) is 3.01. The van der Waals surface area contributed by atoms with Gasteiger partial charge in [-0.1, -0.05) is 11.6 Å². The van der Waals surface area contributed by atoms with E-state index in [0.717, 1.165) is 11.4 Å². The summed E-state index contributed by atoms with van der Waals surface area (Å²) in [7, 11) is 0. The van der Waals surface area contributed by atoms with Crippen molar-refractivity contribution in [3.8, 4) is 16.9 Å². The summed E-state index contributed by atoms with van der Waals surface area (Å²) in [5, 5.41) is 4.59. The van der Waals surface area contributed by atoms with Gasteiger partial charge in [0.25, 0.3) is 0 Å². The van der Waals surface area contributed by atoms with Crippen molar-refractivity contribution < 1.29 is 4.39 Å². The maximum absolute atomic E-state index is 13.4. The van der Waals surface area contributed by atoms with Crippen molar-refractivity contribution in [3.05, 3.63) is 65.8 Å². The van der Waals surface area contributed by atoms with Crippen molar-refractivity contribution in [3.63, 3.8) is 0 Å². The van der Waals surface area contributed by atoms with Gasteiger partial charge in [0.05, 0.1) is 23.8 Å². The first kappa shape index (κ1) is 11.9. The number of hydrogen-bond donors (Lipinski definition) is 0. The van der Waals surface area contributed by atoms with Crippen molar-refractivity contribution in [1.29, 1.82) is 0 Å². The fourth-order valence-corrected chi connectivity index (χ4v) is 2.13. The summed E-state index contributed by atoms with van der Waals surface area (Å²) < 4.78 is 15.1. The Labute approximate surface area is 114 Å². The van der Waals surface area contributed by atoms with E-state index in [1.807, 2.05) is 12.1 Å². The Balaban J connectivity index is 2.15. The second kappa shape index (κ2) is 4.82. The van der Waals surface area contributed by atoms with Gasteiger partial charge in [-0.05, 0) is 36.4 Å². The van der Waals surface area contributed by atoms with Gasteiger partial charge in [0.1, 0.15) is 5.82 Å². The molecule has 3 rings (SSSR count). The maximum Gasteiger partial charge on any atom is 0.125 e. The zero-order valence-corrected chi connectivity index (χ0v) is 10.5. The molecule has 5 heteroatoms. The molecule has 0 saturated carbocycles. The van der Waals surface area contributed by atoms with Crippen molar-refractivity contribution in [2.24, 2.45) is 0 Å². The zero-order valence-electron chi connectivity index (χ0n) is 9.79. The van der Waals surface area contributed by atoms with E-state index in [1.54, 1.807) is 35.4 Å². The first-order valence-electron chi connectivity index (χ1n) is 5.65. The fourth-order valence-electron chi connectivity index (χ4n) is 1.91. The highest BCUT2D eigenvalue weighted by Crippen LogP contribution is 2.25. The van der Waals surface area contributed by atoms with E-state index in [2.05, 4.69) is 10.1 Å². The molecule has 0 radical (unpaired) electrons. The van der Waals surface area contributed by atoms with Crippen molar-refractivity contribution in [2.45, 2.75) is 0 Å². The number of rotatable bonds is 2. The van der Waals surface area contributed by atoms with Crippen LogP contribution in [0, 0.1) is 5.82 Å². The van der Waals surface area contributed by atoms with E-state index in [-0.39, 0.29) is 5.82 Å². The summed E-state index contributed by atoms with van der Waals surface area (Å²) in [5.74, 6) is -0.374. The van der Waals surface area contributed by atoms with E-state index in [9.17, 15) is 4.39 Å². The van der Waals surface area contributed by atoms with Crippen LogP contribution < -0.4 is 0 Å². The number of aromatic nitrogens is 3. The van der Waals surface area contributed by atoms with Crippen molar-refractivity contribution >= 4 is 11.6 Å². The van der Waals surface area contributed by atoms with Crippen LogP contribution in [0.4, 0.5) is 4.39 Å². The minimum Gasteiger partial charge on any atom is -0.262 e. The highest BCUT2D eigenvalue weighted by Gasteiger charge is 2.09. The predicted molar refractivity (Wildman–Crippen MR) is 71.8 cm³/mol. The highest BCUT2D eigenvalue weighted by molar-refractivity contribution is 6.30. The van der Waals surface area contributed by atoms with E-state index in [4.69, 9.17) is 11.6 Å². The van der Waals surface area contributed by atoms with Crippen LogP contribution in [0.2, 0.25) is 5.02 Å². The zero-order chi connectivity index (χ0) is 13.2. The molecule has 0 aliphatic carbocycles. The molecular formula is C14H9ClFN3. The molecule has 1 aromatic carbocycles. The predicted octanol–water partition coefficient (Wildman–Crippen LogP) is 3.73. The standard InChI is InChI=1S/C14H9ClFN3/c15-11-6-10(7-12(16)8-11)14-3-5-18-19(14)13-2-1-4-17-9-13/h1-9H. The SMILES string of the molecule is Fc1cc(Cl)cc(-c2ccnn2-c2cccnc2)c1. The summed E-state index contributed by atoms with van der Waals surface area (Å²) in [6.45, 7) is 0. The minimum absolute atomic E-state index is 0.355. The molecule has 3 nitrogen and oxygen atoms in total. The lowest BCUT2D eigenvalue weighted by Gasteiger charge is -2.07. The third kappa shape index (κ3) is 2.35. The Morgan fingerprint density at radius 3 is 2.74 bits per heavy atom. The molecule has 3 aromatic rings. The average Bonchev–Trinajstić information content (AvgIpc) is 2.88. The molecule has 0 saturated heterocycles. The van der Waals surface area contributed by atoms with Crippen LogP contribution in [-0.2, 0) is 0 Å². The molecule has 19 heavy (non-hydrogen) atoms. The molecule has 0 unspecified atom stereocenters. The normalized spacial score (nSPS) is 10.6. The molecule has 0 amide bonds. The van der Waals surface area contributed by atoms with Gasteiger partial charge in [0, 0.05) is 16.8 Å². The molecule has 94 valence electrons. The molecule has 2 aromatic heterocycles. The van der Waals surface area contributed by atoms with Crippen molar-refractivity contribution in [1.82, 2.24) is 14.8 Å². The number of pyridine rings is 1. The lowest BCUT2D eigenvalue weighted by molar-refractivity contribution is 0.628. The van der Waals surface area contributed by atoms with Gasteiger partial charge in [-0.3, -0.25) is 4.98 Å². The van der Waals surface area contributed by atoms with E-state index in [0.29, 0.717) is 10.6 Å². The maximum atomic E-state index is 13.4. The molecule has 0 bridgehead atoms. The van der Waals surface area contributed by atoms with E-state index >= 15 is 0 Å². The monoisotopic (exact) mass is 273 g/mol. The number of hydrogen-bond acceptors (Lipinski definition) is 2. The van der Waals surface area contributed by atoms with Crippen LogP contribution >= 0.6 is 11.6 Å². The first-order chi connectivity index (χ1) is 9.24. The molecule has 0 aliphatic heterocycles. The molecule has 0 N–H and O–H groups in total. The van der Waals surface area contributed by atoms with Gasteiger partial charge in [-0.15, -0.1) is 0 Å². The number of halogens is 2. The van der Waals surface area contributed by atoms with Crippen LogP contribution in [-0.4, -0.2) is 14.8 Å². The van der Waals surface area contributed by atoms with Crippen molar-refractivity contribution in [2.75, 3.05) is 0 Å². The summed E-state index contributed by atoms with van der Waals surface area (Å²) in [5.41, 5.74) is 2.24. The summed E-state index contributed by atoms with van der Waals surface area (Å²) in [6.07, 6.45) is 5.03. The second-order valence-corrected chi connectivity index (χ2v) is 4.43. The van der Waals surface area contributed by atoms with Crippen LogP contribution in [0.15, 0.2) is 55.0 Å². The lowest BCUT2D eigenvalue weighted by atomic mass is 10.1. The summed E-state index contributed by atoms with van der Waals surface area (Å²) >= 11 is 5.88. The molecule has 0 atom stereocenters. The smallest absolute Gasteiger partial charge is 0.125 e. The Bertz CT molecular complexity index is 689. The van der Waals surface area contributed by atoms with E-state index < -0.39 is 0 Å². The number of nitrogens with zero attached hydrogens (tertiary/aromatic N) is 3. The topological polar surface area (TPSA) is 30.7 Å². The Morgan fingerprint density at radius 2 is 2.00 bits per heavy atom. The second-order valence-electron chi connectivity index (χ2n) is 4.00. The van der Waals surface area contributed by atoms with Gasteiger partial charge in [0.2, 0.25) is 0 Å². The van der Waals surface area contributed by atoms with Crippen LogP contribution in [0.5, 0.6) is 0 Å². The lowest BCUT2D eigenvalue weighted by Crippen LogP contribution is -1.99. The third-order valence-corrected chi connectivity index (χ3v) is 2.91. The van der Waals surface area contributed by atoms with Crippen LogP contribution in [0.25, 0.3) is 16.9 Å². The van der Waals surface area contributed by atoms with Crippen LogP contribution in [0.1, 0.15) is 0 Å². The van der Waals surface area contributed by atoms with E-state index in [1.165, 1.54) is 12.1 Å². The number of benzene rings is 1. The molecular weight excluding hydrogens is 265 g/mol. The summed E-state index contributed by atoms with van der Waals surface area (Å²) in [4.78, 5) is 4.05. The Morgan fingerprint density at radius 1 is 1.11 bits per heavy atom.